The molecular formula is C16H16N2O3. The number of aryl methyl sites for hydroxylation is 1. The molecule has 2 rings (SSSR count). The molecule has 1 amide bonds. The highest BCUT2D eigenvalue weighted by Gasteiger charge is 2.20. The number of aliphatic carboxylic acids is 1. The van der Waals surface area contributed by atoms with Crippen molar-refractivity contribution in [2.24, 2.45) is 0 Å². The molecule has 0 atom stereocenters. The lowest BCUT2D eigenvalue weighted by Gasteiger charge is -2.21. The quantitative estimate of drug-likeness (QED) is 0.844. The number of nitrogens with two attached hydrogens (primary N) is 1. The predicted octanol–water partition coefficient (Wildman–Crippen LogP) is 2.31. The first-order valence-electron chi connectivity index (χ1n) is 6.44. The lowest BCUT2D eigenvalue weighted by molar-refractivity contribution is -0.135. The van der Waals surface area contributed by atoms with E-state index in [1.54, 1.807) is 48.5 Å². The lowest BCUT2D eigenvalue weighted by Crippen LogP contribution is -2.35. The molecule has 0 spiro atoms. The van der Waals surface area contributed by atoms with Crippen molar-refractivity contribution in [2.45, 2.75) is 6.92 Å². The van der Waals surface area contributed by atoms with E-state index in [2.05, 4.69) is 0 Å². The largest absolute Gasteiger partial charge is 0.480 e. The second-order valence-electron chi connectivity index (χ2n) is 4.69. The van der Waals surface area contributed by atoms with Gasteiger partial charge in [0.25, 0.3) is 5.91 Å². The molecule has 2 aromatic rings. The van der Waals surface area contributed by atoms with Crippen molar-refractivity contribution in [3.8, 4) is 0 Å². The van der Waals surface area contributed by atoms with Crippen LogP contribution in [-0.2, 0) is 4.79 Å². The SMILES string of the molecule is Cc1ccc(C(=O)N(CC(=O)O)c2ccccc2)cc1N. The van der Waals surface area contributed by atoms with Crippen molar-refractivity contribution >= 4 is 23.3 Å². The highest BCUT2D eigenvalue weighted by atomic mass is 16.4. The third-order valence-electron chi connectivity index (χ3n) is 3.13. The minimum atomic E-state index is -1.08. The molecule has 0 saturated heterocycles. The van der Waals surface area contributed by atoms with Crippen LogP contribution in [0, 0.1) is 6.92 Å². The fourth-order valence-electron chi connectivity index (χ4n) is 1.95. The van der Waals surface area contributed by atoms with E-state index in [1.807, 2.05) is 6.92 Å². The molecule has 0 fully saturated rings. The predicted molar refractivity (Wildman–Crippen MR) is 81.3 cm³/mol. The molecule has 2 aromatic carbocycles. The zero-order chi connectivity index (χ0) is 15.4. The number of carbonyl (C=O) groups excluding carboxylic acids is 1. The van der Waals surface area contributed by atoms with Gasteiger partial charge in [-0.15, -0.1) is 0 Å². The Morgan fingerprint density at radius 3 is 2.38 bits per heavy atom. The minimum Gasteiger partial charge on any atom is -0.480 e. The second-order valence-corrected chi connectivity index (χ2v) is 4.69. The highest BCUT2D eigenvalue weighted by molar-refractivity contribution is 6.08. The van der Waals surface area contributed by atoms with E-state index in [4.69, 9.17) is 10.8 Å². The van der Waals surface area contributed by atoms with E-state index in [9.17, 15) is 9.59 Å². The zero-order valence-corrected chi connectivity index (χ0v) is 11.6. The van der Waals surface area contributed by atoms with Crippen LogP contribution in [0.15, 0.2) is 48.5 Å². The summed E-state index contributed by atoms with van der Waals surface area (Å²) in [5.41, 5.74) is 8.08. The molecule has 0 saturated carbocycles. The summed E-state index contributed by atoms with van der Waals surface area (Å²) in [6, 6.07) is 13.6. The van der Waals surface area contributed by atoms with E-state index in [-0.39, 0.29) is 0 Å². The van der Waals surface area contributed by atoms with E-state index in [0.29, 0.717) is 16.9 Å². The van der Waals surface area contributed by atoms with Crippen LogP contribution in [0.1, 0.15) is 15.9 Å². The van der Waals surface area contributed by atoms with Gasteiger partial charge in [0.05, 0.1) is 0 Å². The van der Waals surface area contributed by atoms with Gasteiger partial charge in [0, 0.05) is 16.9 Å². The maximum absolute atomic E-state index is 12.6. The summed E-state index contributed by atoms with van der Waals surface area (Å²) in [6.45, 7) is 1.44. The summed E-state index contributed by atoms with van der Waals surface area (Å²) >= 11 is 0. The molecular weight excluding hydrogens is 268 g/mol. The van der Waals surface area contributed by atoms with Crippen LogP contribution in [0.2, 0.25) is 0 Å². The number of amides is 1. The molecule has 3 N–H and O–H groups in total. The number of nitrogen functional groups attached to an aromatic ring is 1. The molecule has 0 radical (unpaired) electrons. The number of nitrogens with zero attached hydrogens (tertiary/aromatic N) is 1. The van der Waals surface area contributed by atoms with E-state index in [1.165, 1.54) is 4.90 Å². The Bertz CT molecular complexity index is 668. The highest BCUT2D eigenvalue weighted by Crippen LogP contribution is 2.19. The molecule has 5 nitrogen and oxygen atoms in total. The number of carboxylic acid groups (broad SMARTS) is 1. The molecule has 0 aromatic heterocycles. The van der Waals surface area contributed by atoms with Crippen molar-refractivity contribution in [2.75, 3.05) is 17.2 Å². The van der Waals surface area contributed by atoms with Gasteiger partial charge >= 0.3 is 5.97 Å². The molecule has 0 heterocycles. The van der Waals surface area contributed by atoms with E-state index >= 15 is 0 Å². The van der Waals surface area contributed by atoms with Crippen LogP contribution in [0.5, 0.6) is 0 Å². The van der Waals surface area contributed by atoms with Gasteiger partial charge in [0.2, 0.25) is 0 Å². The van der Waals surface area contributed by atoms with Gasteiger partial charge in [0.1, 0.15) is 6.54 Å². The summed E-state index contributed by atoms with van der Waals surface area (Å²) in [7, 11) is 0. The first-order valence-corrected chi connectivity index (χ1v) is 6.44. The van der Waals surface area contributed by atoms with E-state index in [0.717, 1.165) is 5.56 Å². The van der Waals surface area contributed by atoms with Crippen LogP contribution in [0.3, 0.4) is 0 Å². The monoisotopic (exact) mass is 284 g/mol. The molecule has 0 unspecified atom stereocenters. The number of hydrogen-bond donors (Lipinski definition) is 2. The number of hydrogen-bond acceptors (Lipinski definition) is 3. The van der Waals surface area contributed by atoms with Crippen LogP contribution in [0.4, 0.5) is 11.4 Å². The Hall–Kier alpha value is -2.82. The number of carboxylic acids is 1. The van der Waals surface area contributed by atoms with Crippen LogP contribution in [-0.4, -0.2) is 23.5 Å². The topological polar surface area (TPSA) is 83.6 Å². The lowest BCUT2D eigenvalue weighted by atomic mass is 10.1. The molecule has 0 aliphatic rings. The molecule has 108 valence electrons. The number of anilines is 2. The maximum Gasteiger partial charge on any atom is 0.323 e. The van der Waals surface area contributed by atoms with Gasteiger partial charge in [-0.1, -0.05) is 24.3 Å². The third kappa shape index (κ3) is 3.39. The van der Waals surface area contributed by atoms with Crippen molar-refractivity contribution in [3.63, 3.8) is 0 Å². The number of carbonyl (C=O) groups is 2. The van der Waals surface area contributed by atoms with Crippen LogP contribution >= 0.6 is 0 Å². The smallest absolute Gasteiger partial charge is 0.323 e. The number of rotatable bonds is 4. The molecule has 5 heteroatoms. The van der Waals surface area contributed by atoms with Crippen molar-refractivity contribution < 1.29 is 14.7 Å². The molecule has 0 aliphatic heterocycles. The van der Waals surface area contributed by atoms with Gasteiger partial charge < -0.3 is 10.8 Å². The Balaban J connectivity index is 2.38. The zero-order valence-electron chi connectivity index (χ0n) is 11.6. The molecule has 21 heavy (non-hydrogen) atoms. The third-order valence-corrected chi connectivity index (χ3v) is 3.13. The summed E-state index contributed by atoms with van der Waals surface area (Å²) in [5, 5.41) is 9.02. The van der Waals surface area contributed by atoms with Crippen molar-refractivity contribution in [1.29, 1.82) is 0 Å². The molecule has 0 aliphatic carbocycles. The summed E-state index contributed by atoms with van der Waals surface area (Å²) in [6.07, 6.45) is 0. The Morgan fingerprint density at radius 2 is 1.81 bits per heavy atom. The number of benzene rings is 2. The number of para-hydroxylation sites is 1. The first kappa shape index (κ1) is 14.6. The van der Waals surface area contributed by atoms with Crippen LogP contribution < -0.4 is 10.6 Å². The summed E-state index contributed by atoms with van der Waals surface area (Å²) < 4.78 is 0. The average Bonchev–Trinajstić information content (AvgIpc) is 2.47. The maximum atomic E-state index is 12.6. The van der Waals surface area contributed by atoms with Crippen molar-refractivity contribution in [1.82, 2.24) is 0 Å². The normalized spacial score (nSPS) is 10.1. The van der Waals surface area contributed by atoms with Crippen molar-refractivity contribution in [3.05, 3.63) is 59.7 Å². The van der Waals surface area contributed by atoms with Gasteiger partial charge in [-0.2, -0.15) is 0 Å². The van der Waals surface area contributed by atoms with Gasteiger partial charge in [-0.3, -0.25) is 14.5 Å². The van der Waals surface area contributed by atoms with Crippen LogP contribution in [0.25, 0.3) is 0 Å². The van der Waals surface area contributed by atoms with Gasteiger partial charge in [0.15, 0.2) is 0 Å². The summed E-state index contributed by atoms with van der Waals surface area (Å²) in [5.74, 6) is -1.47. The minimum absolute atomic E-state index is 0.364. The van der Waals surface area contributed by atoms with Gasteiger partial charge in [-0.25, -0.2) is 0 Å². The Morgan fingerprint density at radius 1 is 1.14 bits per heavy atom. The average molecular weight is 284 g/mol. The second kappa shape index (κ2) is 6.09. The fourth-order valence-corrected chi connectivity index (χ4v) is 1.95. The standard InChI is InChI=1S/C16H16N2O3/c1-11-7-8-12(9-14(11)17)16(21)18(10-15(19)20)13-5-3-2-4-6-13/h2-9H,10,17H2,1H3,(H,19,20). The molecule has 0 bridgehead atoms. The van der Waals surface area contributed by atoms with E-state index < -0.39 is 18.4 Å². The Kier molecular flexibility index (Phi) is 4.23. The fraction of sp³-hybridized carbons (Fsp3) is 0.125. The van der Waals surface area contributed by atoms with Gasteiger partial charge in [-0.05, 0) is 36.8 Å². The summed E-state index contributed by atoms with van der Waals surface area (Å²) in [4.78, 5) is 24.8. The Labute approximate surface area is 122 Å². The first-order chi connectivity index (χ1) is 9.99.